The molecule has 5 heteroatoms. The molecule has 0 aliphatic rings. The van der Waals surface area contributed by atoms with Gasteiger partial charge in [0.2, 0.25) is 0 Å². The minimum Gasteiger partial charge on any atom is -0.380 e. The highest BCUT2D eigenvalue weighted by molar-refractivity contribution is 9.10. The second-order valence-electron chi connectivity index (χ2n) is 3.71. The quantitative estimate of drug-likeness (QED) is 0.714. The van der Waals surface area contributed by atoms with Crippen LogP contribution < -0.4 is 5.32 Å². The zero-order chi connectivity index (χ0) is 13.1. The van der Waals surface area contributed by atoms with Gasteiger partial charge in [0, 0.05) is 26.2 Å². The second-order valence-corrected chi connectivity index (χ2v) is 5.89. The minimum atomic E-state index is -0.269. The first-order valence-corrected chi connectivity index (χ1v) is 7.15. The summed E-state index contributed by atoms with van der Waals surface area (Å²) in [6.07, 6.45) is 0. The van der Waals surface area contributed by atoms with Gasteiger partial charge in [0.05, 0.1) is 0 Å². The number of hydrogen-bond donors (Lipinski definition) is 1. The normalized spacial score (nSPS) is 10.4. The van der Waals surface area contributed by atoms with Gasteiger partial charge in [0.15, 0.2) is 0 Å². The summed E-state index contributed by atoms with van der Waals surface area (Å²) in [6.45, 7) is 0.580. The summed E-state index contributed by atoms with van der Waals surface area (Å²) < 4.78 is 14.6. The lowest BCUT2D eigenvalue weighted by Gasteiger charge is -2.10. The molecule has 0 aliphatic carbocycles. The van der Waals surface area contributed by atoms with Gasteiger partial charge in [-0.05, 0) is 51.8 Å². The van der Waals surface area contributed by atoms with E-state index in [2.05, 4.69) is 37.2 Å². The highest BCUT2D eigenvalue weighted by atomic mass is 79.9. The zero-order valence-corrected chi connectivity index (χ0v) is 13.1. The Kier molecular flexibility index (Phi) is 4.65. The first-order valence-electron chi connectivity index (χ1n) is 5.19. The van der Waals surface area contributed by atoms with E-state index in [1.165, 1.54) is 12.1 Å². The summed E-state index contributed by atoms with van der Waals surface area (Å²) in [5.74, 6) is -0.269. The maximum Gasteiger partial charge on any atom is 0.124 e. The lowest BCUT2D eigenvalue weighted by Crippen LogP contribution is -2.00. The Bertz CT molecular complexity index is 523. The first kappa shape index (κ1) is 13.8. The lowest BCUT2D eigenvalue weighted by atomic mass is 10.2. The molecular weight excluding hydrogens is 384 g/mol. The molecule has 2 aromatic rings. The summed E-state index contributed by atoms with van der Waals surface area (Å²) in [4.78, 5) is 0. The van der Waals surface area contributed by atoms with Crippen LogP contribution in [-0.4, -0.2) is 0 Å². The summed E-state index contributed by atoms with van der Waals surface area (Å²) in [5.41, 5.74) is 1.81. The molecule has 0 heterocycles. The van der Waals surface area contributed by atoms with Gasteiger partial charge in [-0.25, -0.2) is 4.39 Å². The van der Waals surface area contributed by atoms with Crippen molar-refractivity contribution in [1.82, 2.24) is 0 Å². The molecular formula is C13H9Br2ClFN. The fourth-order valence-corrected chi connectivity index (χ4v) is 2.72. The number of halogens is 4. The molecule has 0 fully saturated rings. The SMILES string of the molecule is Fc1ccc(NCc2ccc(Br)cc2Cl)c(Br)c1. The molecule has 0 radical (unpaired) electrons. The molecule has 0 spiro atoms. The van der Waals surface area contributed by atoms with Crippen LogP contribution in [-0.2, 0) is 6.54 Å². The summed E-state index contributed by atoms with van der Waals surface area (Å²) >= 11 is 12.8. The van der Waals surface area contributed by atoms with Crippen molar-refractivity contribution >= 4 is 49.1 Å². The van der Waals surface area contributed by atoms with Gasteiger partial charge in [0.25, 0.3) is 0 Å². The van der Waals surface area contributed by atoms with E-state index >= 15 is 0 Å². The Morgan fingerprint density at radius 3 is 2.56 bits per heavy atom. The molecule has 0 bridgehead atoms. The topological polar surface area (TPSA) is 12.0 Å². The molecule has 94 valence electrons. The van der Waals surface area contributed by atoms with E-state index in [0.717, 1.165) is 15.7 Å². The Labute approximate surface area is 127 Å². The van der Waals surface area contributed by atoms with Crippen molar-refractivity contribution in [3.05, 3.63) is 61.7 Å². The number of benzene rings is 2. The van der Waals surface area contributed by atoms with Crippen molar-refractivity contribution in [3.8, 4) is 0 Å². The van der Waals surface area contributed by atoms with Gasteiger partial charge in [-0.3, -0.25) is 0 Å². The molecule has 0 amide bonds. The van der Waals surface area contributed by atoms with Gasteiger partial charge in [0.1, 0.15) is 5.82 Å². The average molecular weight is 393 g/mol. The first-order chi connectivity index (χ1) is 8.56. The van der Waals surface area contributed by atoms with Gasteiger partial charge in [-0.1, -0.05) is 33.6 Å². The van der Waals surface area contributed by atoms with Crippen molar-refractivity contribution in [3.63, 3.8) is 0 Å². The lowest BCUT2D eigenvalue weighted by molar-refractivity contribution is 0.627. The second kappa shape index (κ2) is 6.04. The van der Waals surface area contributed by atoms with E-state index in [9.17, 15) is 4.39 Å². The monoisotopic (exact) mass is 391 g/mol. The van der Waals surface area contributed by atoms with E-state index in [1.54, 1.807) is 6.07 Å². The third-order valence-electron chi connectivity index (χ3n) is 2.42. The molecule has 2 aromatic carbocycles. The minimum absolute atomic E-state index is 0.269. The Hall–Kier alpha value is -0.580. The van der Waals surface area contributed by atoms with Crippen LogP contribution in [0.4, 0.5) is 10.1 Å². The van der Waals surface area contributed by atoms with Crippen LogP contribution in [0.2, 0.25) is 5.02 Å². The number of anilines is 1. The van der Waals surface area contributed by atoms with Crippen LogP contribution in [0.5, 0.6) is 0 Å². The number of hydrogen-bond acceptors (Lipinski definition) is 1. The molecule has 18 heavy (non-hydrogen) atoms. The smallest absolute Gasteiger partial charge is 0.124 e. The van der Waals surface area contributed by atoms with Crippen molar-refractivity contribution < 1.29 is 4.39 Å². The molecule has 0 unspecified atom stereocenters. The van der Waals surface area contributed by atoms with Gasteiger partial charge >= 0.3 is 0 Å². The fraction of sp³-hybridized carbons (Fsp3) is 0.0769. The van der Waals surface area contributed by atoms with Crippen molar-refractivity contribution in [1.29, 1.82) is 0 Å². The molecule has 1 N–H and O–H groups in total. The summed E-state index contributed by atoms with van der Waals surface area (Å²) in [6, 6.07) is 10.2. The molecule has 0 saturated heterocycles. The van der Waals surface area contributed by atoms with E-state index in [1.807, 2.05) is 18.2 Å². The summed E-state index contributed by atoms with van der Waals surface area (Å²) in [7, 11) is 0. The highest BCUT2D eigenvalue weighted by Crippen LogP contribution is 2.26. The summed E-state index contributed by atoms with van der Waals surface area (Å²) in [5, 5.41) is 3.89. The van der Waals surface area contributed by atoms with Crippen molar-refractivity contribution in [2.75, 3.05) is 5.32 Å². The van der Waals surface area contributed by atoms with Gasteiger partial charge in [-0.15, -0.1) is 0 Å². The van der Waals surface area contributed by atoms with E-state index in [0.29, 0.717) is 16.0 Å². The van der Waals surface area contributed by atoms with E-state index in [4.69, 9.17) is 11.6 Å². The molecule has 0 atom stereocenters. The van der Waals surface area contributed by atoms with Gasteiger partial charge in [-0.2, -0.15) is 0 Å². The third-order valence-corrected chi connectivity index (χ3v) is 3.92. The zero-order valence-electron chi connectivity index (χ0n) is 9.18. The maximum atomic E-state index is 12.9. The Balaban J connectivity index is 2.11. The number of rotatable bonds is 3. The van der Waals surface area contributed by atoms with Gasteiger partial charge < -0.3 is 5.32 Å². The molecule has 1 nitrogen and oxygen atoms in total. The van der Waals surface area contributed by atoms with Crippen LogP contribution in [0.15, 0.2) is 45.3 Å². The van der Waals surface area contributed by atoms with E-state index in [-0.39, 0.29) is 5.82 Å². The highest BCUT2D eigenvalue weighted by Gasteiger charge is 2.04. The van der Waals surface area contributed by atoms with Crippen molar-refractivity contribution in [2.45, 2.75) is 6.54 Å². The van der Waals surface area contributed by atoms with E-state index < -0.39 is 0 Å². The molecule has 0 saturated carbocycles. The van der Waals surface area contributed by atoms with Crippen LogP contribution in [0.25, 0.3) is 0 Å². The maximum absolute atomic E-state index is 12.9. The fourth-order valence-electron chi connectivity index (χ4n) is 1.49. The number of nitrogens with one attached hydrogen (secondary N) is 1. The predicted octanol–water partition coefficient (Wildman–Crippen LogP) is 5.62. The standard InChI is InChI=1S/C13H9Br2ClFN/c14-9-2-1-8(12(16)5-9)7-18-13-4-3-10(17)6-11(13)15/h1-6,18H,7H2. The Morgan fingerprint density at radius 1 is 1.11 bits per heavy atom. The predicted molar refractivity (Wildman–Crippen MR) is 80.6 cm³/mol. The Morgan fingerprint density at radius 2 is 1.89 bits per heavy atom. The van der Waals surface area contributed by atoms with Crippen LogP contribution in [0.3, 0.4) is 0 Å². The van der Waals surface area contributed by atoms with Crippen molar-refractivity contribution in [2.24, 2.45) is 0 Å². The van der Waals surface area contributed by atoms with Crippen LogP contribution in [0, 0.1) is 5.82 Å². The van der Waals surface area contributed by atoms with Crippen LogP contribution >= 0.6 is 43.5 Å². The third kappa shape index (κ3) is 3.46. The largest absolute Gasteiger partial charge is 0.380 e. The van der Waals surface area contributed by atoms with Crippen LogP contribution in [0.1, 0.15) is 5.56 Å². The molecule has 0 aliphatic heterocycles. The molecule has 0 aromatic heterocycles. The molecule has 2 rings (SSSR count). The average Bonchev–Trinajstić information content (AvgIpc) is 2.30.